The van der Waals surface area contributed by atoms with Crippen LogP contribution in [0.4, 0.5) is 11.4 Å². The summed E-state index contributed by atoms with van der Waals surface area (Å²) in [7, 11) is -1.95. The van der Waals surface area contributed by atoms with E-state index in [0.717, 1.165) is 23.2 Å². The van der Waals surface area contributed by atoms with E-state index in [-0.39, 0.29) is 17.6 Å². The summed E-state index contributed by atoms with van der Waals surface area (Å²) < 4.78 is 33.7. The van der Waals surface area contributed by atoms with Crippen molar-refractivity contribution in [3.8, 4) is 5.75 Å². The molecule has 34 heavy (non-hydrogen) atoms. The van der Waals surface area contributed by atoms with E-state index in [9.17, 15) is 8.42 Å². The topological polar surface area (TPSA) is 88.5 Å². The molecule has 3 heterocycles. The molecule has 1 aliphatic rings. The fourth-order valence-electron chi connectivity index (χ4n) is 4.09. The van der Waals surface area contributed by atoms with Crippen LogP contribution in [0.1, 0.15) is 44.1 Å². The number of rotatable bonds is 6. The number of anilines is 2. The first-order chi connectivity index (χ1) is 16.0. The van der Waals surface area contributed by atoms with Crippen LogP contribution in [0, 0.1) is 0 Å². The SMILES string of the molecule is COc1cc(N2C(=S)N[C@@H](c3ccccn3)[C@@H]2c2ccn(C(C)(C)C)c2)ccc1NS(C)(=O)=O. The normalized spacial score (nSPS) is 18.6. The molecule has 1 aliphatic heterocycles. The van der Waals surface area contributed by atoms with Gasteiger partial charge >= 0.3 is 0 Å². The van der Waals surface area contributed by atoms with Gasteiger partial charge < -0.3 is 19.5 Å². The molecule has 3 aromatic rings. The Bertz CT molecular complexity index is 1300. The van der Waals surface area contributed by atoms with Crippen molar-refractivity contribution in [1.29, 1.82) is 0 Å². The molecular formula is C24H29N5O3S2. The lowest BCUT2D eigenvalue weighted by molar-refractivity contribution is 0.397. The Balaban J connectivity index is 1.81. The minimum absolute atomic E-state index is 0.0711. The van der Waals surface area contributed by atoms with E-state index in [1.165, 1.54) is 7.11 Å². The second-order valence-electron chi connectivity index (χ2n) is 9.28. The predicted molar refractivity (Wildman–Crippen MR) is 139 cm³/mol. The van der Waals surface area contributed by atoms with Gasteiger partial charge in [0.25, 0.3) is 0 Å². The summed E-state index contributed by atoms with van der Waals surface area (Å²) in [5.74, 6) is 0.401. The molecule has 0 bridgehead atoms. The summed E-state index contributed by atoms with van der Waals surface area (Å²) >= 11 is 5.78. The number of nitrogens with one attached hydrogen (secondary N) is 2. The quantitative estimate of drug-likeness (QED) is 0.492. The number of aromatic nitrogens is 2. The number of benzene rings is 1. The average molecular weight is 500 g/mol. The van der Waals surface area contributed by atoms with E-state index in [1.807, 2.05) is 29.2 Å². The number of pyridine rings is 1. The van der Waals surface area contributed by atoms with E-state index in [2.05, 4.69) is 58.8 Å². The van der Waals surface area contributed by atoms with E-state index < -0.39 is 10.0 Å². The van der Waals surface area contributed by atoms with Crippen LogP contribution in [0.5, 0.6) is 5.75 Å². The van der Waals surface area contributed by atoms with Crippen molar-refractivity contribution in [2.75, 3.05) is 23.0 Å². The highest BCUT2D eigenvalue weighted by Crippen LogP contribution is 2.43. The van der Waals surface area contributed by atoms with Gasteiger partial charge in [0.1, 0.15) is 5.75 Å². The third kappa shape index (κ3) is 4.88. The van der Waals surface area contributed by atoms with Crippen molar-refractivity contribution in [1.82, 2.24) is 14.9 Å². The summed E-state index contributed by atoms with van der Waals surface area (Å²) in [6.45, 7) is 6.46. The number of nitrogens with zero attached hydrogens (tertiary/aromatic N) is 3. The zero-order valence-electron chi connectivity index (χ0n) is 19.8. The first-order valence-electron chi connectivity index (χ1n) is 10.8. The molecule has 180 valence electrons. The predicted octanol–water partition coefficient (Wildman–Crippen LogP) is 4.20. The zero-order valence-corrected chi connectivity index (χ0v) is 21.4. The summed E-state index contributed by atoms with van der Waals surface area (Å²) in [5.41, 5.74) is 3.03. The maximum absolute atomic E-state index is 11.8. The van der Waals surface area contributed by atoms with Gasteiger partial charge in [0.2, 0.25) is 10.0 Å². The smallest absolute Gasteiger partial charge is 0.229 e. The number of thiocarbonyl (C=S) groups is 1. The van der Waals surface area contributed by atoms with Crippen LogP contribution >= 0.6 is 12.2 Å². The minimum Gasteiger partial charge on any atom is -0.494 e. The fraction of sp³-hybridized carbons (Fsp3) is 0.333. The lowest BCUT2D eigenvalue weighted by atomic mass is 9.98. The maximum atomic E-state index is 11.8. The van der Waals surface area contributed by atoms with E-state index in [4.69, 9.17) is 17.0 Å². The Morgan fingerprint density at radius 2 is 1.94 bits per heavy atom. The van der Waals surface area contributed by atoms with Gasteiger partial charge in [-0.1, -0.05) is 6.07 Å². The van der Waals surface area contributed by atoms with Crippen LogP contribution in [0.25, 0.3) is 0 Å². The number of ether oxygens (including phenoxy) is 1. The Hall–Kier alpha value is -3.11. The van der Waals surface area contributed by atoms with Crippen molar-refractivity contribution in [2.45, 2.75) is 38.4 Å². The van der Waals surface area contributed by atoms with Crippen molar-refractivity contribution in [2.24, 2.45) is 0 Å². The number of methoxy groups -OCH3 is 1. The van der Waals surface area contributed by atoms with Crippen LogP contribution in [0.2, 0.25) is 0 Å². The summed E-state index contributed by atoms with van der Waals surface area (Å²) in [4.78, 5) is 6.62. The molecule has 1 aromatic carbocycles. The maximum Gasteiger partial charge on any atom is 0.229 e. The second kappa shape index (κ2) is 8.92. The highest BCUT2D eigenvalue weighted by atomic mass is 32.2. The van der Waals surface area contributed by atoms with Crippen LogP contribution in [0.15, 0.2) is 61.1 Å². The van der Waals surface area contributed by atoms with Gasteiger partial charge in [-0.15, -0.1) is 0 Å². The molecule has 2 atom stereocenters. The first kappa shape index (κ1) is 24.0. The van der Waals surface area contributed by atoms with Gasteiger partial charge in [-0.25, -0.2) is 8.42 Å². The van der Waals surface area contributed by atoms with Crippen LogP contribution in [-0.4, -0.2) is 36.4 Å². The molecule has 0 spiro atoms. The molecule has 2 aromatic heterocycles. The standard InChI is InChI=1S/C24H29N5O3S2/c1-24(2,3)28-13-11-16(15-28)22-21(19-8-6-7-12-25-19)26-23(33)29(22)17-9-10-18(20(14-17)32-4)27-34(5,30)31/h6-15,21-22,27H,1-5H3,(H,26,33)/t21-,22-/m0/s1. The van der Waals surface area contributed by atoms with Crippen molar-refractivity contribution >= 4 is 38.7 Å². The Kier molecular flexibility index (Phi) is 6.30. The van der Waals surface area contributed by atoms with E-state index in [0.29, 0.717) is 16.5 Å². The summed E-state index contributed by atoms with van der Waals surface area (Å²) in [6.07, 6.45) is 7.09. The Morgan fingerprint density at radius 1 is 1.18 bits per heavy atom. The summed E-state index contributed by atoms with van der Waals surface area (Å²) in [5, 5.41) is 3.99. The molecule has 4 rings (SSSR count). The molecule has 8 nitrogen and oxygen atoms in total. The molecule has 0 radical (unpaired) electrons. The van der Waals surface area contributed by atoms with Gasteiger partial charge in [-0.2, -0.15) is 0 Å². The average Bonchev–Trinajstić information content (AvgIpc) is 3.38. The third-order valence-electron chi connectivity index (χ3n) is 5.69. The van der Waals surface area contributed by atoms with Crippen molar-refractivity contribution < 1.29 is 13.2 Å². The summed E-state index contributed by atoms with van der Waals surface area (Å²) in [6, 6.07) is 12.9. The largest absolute Gasteiger partial charge is 0.494 e. The molecular weight excluding hydrogens is 470 g/mol. The van der Waals surface area contributed by atoms with Gasteiger partial charge in [0.05, 0.1) is 36.8 Å². The van der Waals surface area contributed by atoms with Crippen LogP contribution in [0.3, 0.4) is 0 Å². The molecule has 0 aliphatic carbocycles. The van der Waals surface area contributed by atoms with Gasteiger partial charge in [-0.3, -0.25) is 9.71 Å². The number of sulfonamides is 1. The van der Waals surface area contributed by atoms with Gasteiger partial charge in [-0.05, 0) is 68.9 Å². The monoisotopic (exact) mass is 499 g/mol. The minimum atomic E-state index is -3.45. The first-order valence-corrected chi connectivity index (χ1v) is 13.1. The molecule has 0 unspecified atom stereocenters. The highest BCUT2D eigenvalue weighted by Gasteiger charge is 2.41. The Morgan fingerprint density at radius 3 is 2.53 bits per heavy atom. The van der Waals surface area contributed by atoms with Gasteiger partial charge in [0.15, 0.2) is 5.11 Å². The second-order valence-corrected chi connectivity index (χ2v) is 11.4. The Labute approximate surface area is 206 Å². The molecule has 1 fully saturated rings. The third-order valence-corrected chi connectivity index (χ3v) is 6.59. The van der Waals surface area contributed by atoms with Crippen molar-refractivity contribution in [3.63, 3.8) is 0 Å². The molecule has 10 heteroatoms. The highest BCUT2D eigenvalue weighted by molar-refractivity contribution is 7.92. The van der Waals surface area contributed by atoms with E-state index >= 15 is 0 Å². The van der Waals surface area contributed by atoms with Crippen LogP contribution < -0.4 is 19.7 Å². The number of hydrogen-bond acceptors (Lipinski definition) is 5. The molecule has 0 amide bonds. The van der Waals surface area contributed by atoms with Crippen LogP contribution in [-0.2, 0) is 15.6 Å². The molecule has 0 saturated carbocycles. The molecule has 2 N–H and O–H groups in total. The van der Waals surface area contributed by atoms with Gasteiger partial charge in [0, 0.05) is 35.9 Å². The fourth-order valence-corrected chi connectivity index (χ4v) is 5.00. The van der Waals surface area contributed by atoms with Crippen molar-refractivity contribution in [3.05, 3.63) is 72.3 Å². The molecule has 1 saturated heterocycles. The number of hydrogen-bond donors (Lipinski definition) is 2. The lowest BCUT2D eigenvalue weighted by Gasteiger charge is -2.28. The lowest BCUT2D eigenvalue weighted by Crippen LogP contribution is -2.29. The van der Waals surface area contributed by atoms with E-state index in [1.54, 1.807) is 18.3 Å². The zero-order chi connectivity index (χ0) is 24.7.